The second-order valence-electron chi connectivity index (χ2n) is 2.01. The Morgan fingerprint density at radius 3 is 2.58 bits per heavy atom. The highest BCUT2D eigenvalue weighted by Crippen LogP contribution is 2.34. The number of alkyl halides is 2. The highest BCUT2D eigenvalue weighted by molar-refractivity contribution is 9.10. The average molecular weight is 257 g/mol. The van der Waals surface area contributed by atoms with Crippen LogP contribution in [0, 0.1) is 0 Å². The van der Waals surface area contributed by atoms with Crippen molar-refractivity contribution in [2.45, 2.75) is 5.92 Å². The van der Waals surface area contributed by atoms with Crippen LogP contribution in [0.25, 0.3) is 0 Å². The van der Waals surface area contributed by atoms with E-state index in [9.17, 15) is 13.6 Å². The van der Waals surface area contributed by atoms with E-state index in [1.165, 1.54) is 5.38 Å². The fourth-order valence-corrected chi connectivity index (χ4v) is 1.98. The summed E-state index contributed by atoms with van der Waals surface area (Å²) in [5.74, 6) is -5.91. The summed E-state index contributed by atoms with van der Waals surface area (Å²) < 4.78 is 25.8. The standard InChI is InChI=1S/C6H3BrF2O2S/c7-3-1-4(12-2-3)6(8,9)5(10)11/h1-2H,(H,10,11). The maximum absolute atomic E-state index is 12.7. The molecule has 1 aromatic heterocycles. The van der Waals surface area contributed by atoms with Crippen molar-refractivity contribution in [2.24, 2.45) is 0 Å². The van der Waals surface area contributed by atoms with Crippen molar-refractivity contribution in [1.29, 1.82) is 0 Å². The van der Waals surface area contributed by atoms with Crippen LogP contribution in [0.4, 0.5) is 8.78 Å². The Balaban J connectivity index is 3.05. The third kappa shape index (κ3) is 1.64. The van der Waals surface area contributed by atoms with Gasteiger partial charge in [-0.15, -0.1) is 11.3 Å². The van der Waals surface area contributed by atoms with E-state index < -0.39 is 16.8 Å². The first-order chi connectivity index (χ1) is 5.44. The Morgan fingerprint density at radius 2 is 2.25 bits per heavy atom. The van der Waals surface area contributed by atoms with Crippen LogP contribution < -0.4 is 0 Å². The summed E-state index contributed by atoms with van der Waals surface area (Å²) >= 11 is 3.66. The third-order valence-corrected chi connectivity index (χ3v) is 2.91. The molecule has 0 amide bonds. The normalized spacial score (nSPS) is 11.6. The van der Waals surface area contributed by atoms with Gasteiger partial charge >= 0.3 is 11.9 Å². The van der Waals surface area contributed by atoms with Crippen molar-refractivity contribution in [3.05, 3.63) is 20.8 Å². The summed E-state index contributed by atoms with van der Waals surface area (Å²) in [6, 6.07) is 1.10. The summed E-state index contributed by atoms with van der Waals surface area (Å²) in [7, 11) is 0. The molecule has 0 aliphatic rings. The van der Waals surface area contributed by atoms with E-state index in [0.29, 0.717) is 15.8 Å². The molecule has 0 atom stereocenters. The zero-order valence-electron chi connectivity index (χ0n) is 5.55. The van der Waals surface area contributed by atoms with Gasteiger partial charge in [-0.1, -0.05) is 0 Å². The minimum atomic E-state index is -3.78. The molecule has 1 aromatic rings. The fourth-order valence-electron chi connectivity index (χ4n) is 0.583. The summed E-state index contributed by atoms with van der Waals surface area (Å²) in [4.78, 5) is 9.60. The lowest BCUT2D eigenvalue weighted by atomic mass is 10.3. The van der Waals surface area contributed by atoms with Crippen LogP contribution in [0.3, 0.4) is 0 Å². The zero-order valence-corrected chi connectivity index (χ0v) is 7.95. The maximum Gasteiger partial charge on any atom is 0.380 e. The van der Waals surface area contributed by atoms with Gasteiger partial charge in [0.2, 0.25) is 0 Å². The van der Waals surface area contributed by atoms with Crippen LogP contribution in [0.1, 0.15) is 4.88 Å². The zero-order chi connectivity index (χ0) is 9.35. The summed E-state index contributed by atoms with van der Waals surface area (Å²) in [6.07, 6.45) is 0. The molecule has 2 nitrogen and oxygen atoms in total. The lowest BCUT2D eigenvalue weighted by Crippen LogP contribution is -2.23. The van der Waals surface area contributed by atoms with Crippen LogP contribution in [0.5, 0.6) is 0 Å². The highest BCUT2D eigenvalue weighted by Gasteiger charge is 2.42. The summed E-state index contributed by atoms with van der Waals surface area (Å²) in [6.45, 7) is 0. The summed E-state index contributed by atoms with van der Waals surface area (Å²) in [5, 5.41) is 9.55. The first-order valence-corrected chi connectivity index (χ1v) is 4.47. The lowest BCUT2D eigenvalue weighted by molar-refractivity contribution is -0.165. The quantitative estimate of drug-likeness (QED) is 0.884. The lowest BCUT2D eigenvalue weighted by Gasteiger charge is -2.06. The summed E-state index contributed by atoms with van der Waals surface area (Å²) in [5.41, 5.74) is 0. The molecule has 0 spiro atoms. The molecule has 0 saturated carbocycles. The van der Waals surface area contributed by atoms with Crippen molar-refractivity contribution < 1.29 is 18.7 Å². The average Bonchev–Trinajstić information content (AvgIpc) is 2.35. The van der Waals surface area contributed by atoms with Gasteiger partial charge in [-0.3, -0.25) is 0 Å². The van der Waals surface area contributed by atoms with E-state index in [4.69, 9.17) is 5.11 Å². The first-order valence-electron chi connectivity index (χ1n) is 2.80. The molecule has 0 unspecified atom stereocenters. The molecule has 0 aromatic carbocycles. The van der Waals surface area contributed by atoms with Crippen LogP contribution >= 0.6 is 27.3 Å². The number of carboxylic acids is 1. The predicted molar refractivity (Wildman–Crippen MR) is 43.5 cm³/mol. The first kappa shape index (κ1) is 9.60. The van der Waals surface area contributed by atoms with Crippen LogP contribution in [0.15, 0.2) is 15.9 Å². The van der Waals surface area contributed by atoms with E-state index in [2.05, 4.69) is 15.9 Å². The van der Waals surface area contributed by atoms with Gasteiger partial charge in [0.25, 0.3) is 0 Å². The van der Waals surface area contributed by atoms with Gasteiger partial charge in [-0.25, -0.2) is 4.79 Å². The van der Waals surface area contributed by atoms with Crippen LogP contribution in [-0.2, 0) is 10.7 Å². The molecule has 66 valence electrons. The molecule has 1 rings (SSSR count). The Kier molecular flexibility index (Phi) is 2.48. The van der Waals surface area contributed by atoms with Gasteiger partial charge in [-0.05, 0) is 22.0 Å². The molecular formula is C6H3BrF2O2S. The van der Waals surface area contributed by atoms with Crippen molar-refractivity contribution in [3.8, 4) is 0 Å². The van der Waals surface area contributed by atoms with E-state index in [1.807, 2.05) is 0 Å². The van der Waals surface area contributed by atoms with Crippen molar-refractivity contribution >= 4 is 33.2 Å². The Bertz CT molecular complexity index is 310. The minimum absolute atomic E-state index is 0.462. The fraction of sp³-hybridized carbons (Fsp3) is 0.167. The molecule has 0 bridgehead atoms. The molecule has 0 aliphatic heterocycles. The number of carbonyl (C=O) groups is 1. The minimum Gasteiger partial charge on any atom is -0.477 e. The molecule has 0 saturated heterocycles. The number of hydrogen-bond acceptors (Lipinski definition) is 2. The Morgan fingerprint density at radius 1 is 1.67 bits per heavy atom. The van der Waals surface area contributed by atoms with E-state index in [0.717, 1.165) is 6.07 Å². The third-order valence-electron chi connectivity index (χ3n) is 1.15. The number of hydrogen-bond donors (Lipinski definition) is 1. The molecule has 1 heterocycles. The van der Waals surface area contributed by atoms with E-state index in [-0.39, 0.29) is 0 Å². The van der Waals surface area contributed by atoms with Gasteiger partial charge in [0, 0.05) is 9.85 Å². The maximum atomic E-state index is 12.7. The Hall–Kier alpha value is -0.490. The van der Waals surface area contributed by atoms with Crippen molar-refractivity contribution in [2.75, 3.05) is 0 Å². The molecule has 0 fully saturated rings. The smallest absolute Gasteiger partial charge is 0.380 e. The highest BCUT2D eigenvalue weighted by atomic mass is 79.9. The molecule has 1 N–H and O–H groups in total. The molecule has 0 aliphatic carbocycles. The van der Waals surface area contributed by atoms with Crippen LogP contribution in [-0.4, -0.2) is 11.1 Å². The van der Waals surface area contributed by atoms with E-state index >= 15 is 0 Å². The molecule has 6 heteroatoms. The second kappa shape index (κ2) is 3.10. The van der Waals surface area contributed by atoms with Gasteiger partial charge in [0.05, 0.1) is 4.88 Å². The number of halogens is 3. The van der Waals surface area contributed by atoms with Gasteiger partial charge in [0.15, 0.2) is 0 Å². The monoisotopic (exact) mass is 256 g/mol. The van der Waals surface area contributed by atoms with Crippen LogP contribution in [0.2, 0.25) is 0 Å². The topological polar surface area (TPSA) is 37.3 Å². The number of thiophene rings is 1. The van der Waals surface area contributed by atoms with Gasteiger partial charge in [0.1, 0.15) is 0 Å². The molecular weight excluding hydrogens is 254 g/mol. The SMILES string of the molecule is O=C(O)C(F)(F)c1cc(Br)cs1. The van der Waals surface area contributed by atoms with Crippen molar-refractivity contribution in [1.82, 2.24) is 0 Å². The largest absolute Gasteiger partial charge is 0.477 e. The number of rotatable bonds is 2. The predicted octanol–water partition coefficient (Wildman–Crippen LogP) is 2.69. The van der Waals surface area contributed by atoms with E-state index in [1.54, 1.807) is 0 Å². The molecule has 0 radical (unpaired) electrons. The molecule has 12 heavy (non-hydrogen) atoms. The van der Waals surface area contributed by atoms with Gasteiger partial charge < -0.3 is 5.11 Å². The number of aliphatic carboxylic acids is 1. The number of carboxylic acid groups (broad SMARTS) is 1. The van der Waals surface area contributed by atoms with Crippen molar-refractivity contribution in [3.63, 3.8) is 0 Å². The van der Waals surface area contributed by atoms with Gasteiger partial charge in [-0.2, -0.15) is 8.78 Å². The Labute approximate surface area is 79.0 Å². The second-order valence-corrected chi connectivity index (χ2v) is 3.84.